The summed E-state index contributed by atoms with van der Waals surface area (Å²) in [6, 6.07) is 0.220. The summed E-state index contributed by atoms with van der Waals surface area (Å²) >= 11 is 0. The lowest BCUT2D eigenvalue weighted by Crippen LogP contribution is -2.39. The van der Waals surface area contributed by atoms with E-state index in [1.807, 2.05) is 39.6 Å². The van der Waals surface area contributed by atoms with E-state index in [4.69, 9.17) is 0 Å². The molecule has 0 radical (unpaired) electrons. The molecule has 1 saturated heterocycles. The number of nitrogens with zero attached hydrogens (tertiary/aromatic N) is 2. The number of hydrogen-bond acceptors (Lipinski definition) is 2. The quantitative estimate of drug-likeness (QED) is 0.747. The van der Waals surface area contributed by atoms with E-state index in [1.54, 1.807) is 4.90 Å². The van der Waals surface area contributed by atoms with Crippen LogP contribution >= 0.6 is 0 Å². The second kappa shape index (κ2) is 5.52. The Morgan fingerprint density at radius 2 is 1.82 bits per heavy atom. The molecule has 0 aromatic rings. The molecule has 98 valence electrons. The molecule has 1 rings (SSSR count). The lowest BCUT2D eigenvalue weighted by molar-refractivity contribution is -0.136. The van der Waals surface area contributed by atoms with Crippen LogP contribution < -0.4 is 0 Å². The minimum Gasteiger partial charge on any atom is -0.343 e. The van der Waals surface area contributed by atoms with E-state index in [9.17, 15) is 9.59 Å². The fourth-order valence-electron chi connectivity index (χ4n) is 2.07. The van der Waals surface area contributed by atoms with Crippen molar-refractivity contribution in [2.75, 3.05) is 20.1 Å². The summed E-state index contributed by atoms with van der Waals surface area (Å²) in [5, 5.41) is 0. The first kappa shape index (κ1) is 14.0. The van der Waals surface area contributed by atoms with Crippen LogP contribution in [0.2, 0.25) is 0 Å². The van der Waals surface area contributed by atoms with Crippen molar-refractivity contribution in [1.82, 2.24) is 9.80 Å². The second-order valence-corrected chi connectivity index (χ2v) is 5.47. The number of likely N-dealkylation sites (tertiary alicyclic amines) is 1. The maximum Gasteiger partial charge on any atom is 0.227 e. The minimum absolute atomic E-state index is 0.00917. The molecule has 0 spiro atoms. The Morgan fingerprint density at radius 3 is 2.29 bits per heavy atom. The summed E-state index contributed by atoms with van der Waals surface area (Å²) in [4.78, 5) is 27.5. The van der Waals surface area contributed by atoms with E-state index in [0.717, 1.165) is 13.0 Å². The van der Waals surface area contributed by atoms with Crippen LogP contribution in [0.3, 0.4) is 0 Å². The summed E-state index contributed by atoms with van der Waals surface area (Å²) in [6.45, 7) is 9.12. The number of carbonyl (C=O) groups excluding carboxylic acids is 2. The molecule has 1 aliphatic rings. The van der Waals surface area contributed by atoms with Crippen LogP contribution in [-0.2, 0) is 9.59 Å². The van der Waals surface area contributed by atoms with Crippen molar-refractivity contribution in [3.63, 3.8) is 0 Å². The van der Waals surface area contributed by atoms with Crippen LogP contribution in [0.15, 0.2) is 0 Å². The van der Waals surface area contributed by atoms with Crippen LogP contribution in [0.1, 0.15) is 34.1 Å². The predicted molar refractivity (Wildman–Crippen MR) is 67.4 cm³/mol. The van der Waals surface area contributed by atoms with Gasteiger partial charge in [0, 0.05) is 32.1 Å². The molecule has 0 N–H and O–H groups in total. The summed E-state index contributed by atoms with van der Waals surface area (Å²) in [6.07, 6.45) is 0.800. The molecule has 0 aliphatic carbocycles. The third-order valence-corrected chi connectivity index (χ3v) is 3.47. The maximum atomic E-state index is 12.1. The smallest absolute Gasteiger partial charge is 0.227 e. The molecule has 1 atom stereocenters. The number of rotatable bonds is 3. The van der Waals surface area contributed by atoms with Gasteiger partial charge in [-0.3, -0.25) is 9.59 Å². The normalized spacial score (nSPS) is 20.2. The highest BCUT2D eigenvalue weighted by Crippen LogP contribution is 2.20. The number of carbonyl (C=O) groups is 2. The molecule has 4 heteroatoms. The van der Waals surface area contributed by atoms with Gasteiger partial charge in [-0.1, -0.05) is 13.8 Å². The van der Waals surface area contributed by atoms with Crippen molar-refractivity contribution in [2.45, 2.75) is 40.2 Å². The third-order valence-electron chi connectivity index (χ3n) is 3.47. The van der Waals surface area contributed by atoms with Crippen LogP contribution in [0.25, 0.3) is 0 Å². The van der Waals surface area contributed by atoms with E-state index in [2.05, 4.69) is 0 Å². The molecular formula is C13H24N2O2. The van der Waals surface area contributed by atoms with Gasteiger partial charge in [-0.2, -0.15) is 0 Å². The van der Waals surface area contributed by atoms with Crippen molar-refractivity contribution in [3.8, 4) is 0 Å². The van der Waals surface area contributed by atoms with Gasteiger partial charge in [0.1, 0.15) is 0 Å². The molecular weight excluding hydrogens is 216 g/mol. The monoisotopic (exact) mass is 240 g/mol. The number of hydrogen-bond donors (Lipinski definition) is 0. The fourth-order valence-corrected chi connectivity index (χ4v) is 2.07. The summed E-state index contributed by atoms with van der Waals surface area (Å²) in [7, 11) is 1.83. The van der Waals surface area contributed by atoms with E-state index in [1.165, 1.54) is 0 Å². The highest BCUT2D eigenvalue weighted by molar-refractivity contribution is 5.82. The Bertz CT molecular complexity index is 300. The highest BCUT2D eigenvalue weighted by Gasteiger charge is 2.33. The summed E-state index contributed by atoms with van der Waals surface area (Å²) in [5.41, 5.74) is 0. The van der Waals surface area contributed by atoms with Crippen LogP contribution in [-0.4, -0.2) is 47.8 Å². The first-order chi connectivity index (χ1) is 7.84. The fraction of sp³-hybridized carbons (Fsp3) is 0.846. The van der Waals surface area contributed by atoms with E-state index in [-0.39, 0.29) is 29.7 Å². The topological polar surface area (TPSA) is 40.6 Å². The van der Waals surface area contributed by atoms with Gasteiger partial charge < -0.3 is 9.80 Å². The lowest BCUT2D eigenvalue weighted by Gasteiger charge is -2.25. The van der Waals surface area contributed by atoms with Crippen LogP contribution in [0.5, 0.6) is 0 Å². The average molecular weight is 240 g/mol. The zero-order valence-corrected chi connectivity index (χ0v) is 11.6. The van der Waals surface area contributed by atoms with Gasteiger partial charge in [-0.15, -0.1) is 0 Å². The van der Waals surface area contributed by atoms with E-state index in [0.29, 0.717) is 6.54 Å². The molecule has 1 fully saturated rings. The Morgan fingerprint density at radius 1 is 1.24 bits per heavy atom. The van der Waals surface area contributed by atoms with Gasteiger partial charge in [-0.05, 0) is 20.3 Å². The Labute approximate surface area is 104 Å². The minimum atomic E-state index is -0.00917. The molecule has 1 unspecified atom stereocenters. The molecule has 0 aromatic carbocycles. The van der Waals surface area contributed by atoms with Gasteiger partial charge in [0.15, 0.2) is 0 Å². The van der Waals surface area contributed by atoms with Gasteiger partial charge in [-0.25, -0.2) is 0 Å². The molecule has 4 nitrogen and oxygen atoms in total. The van der Waals surface area contributed by atoms with Gasteiger partial charge in [0.05, 0.1) is 5.92 Å². The van der Waals surface area contributed by atoms with Crippen molar-refractivity contribution < 1.29 is 9.59 Å². The van der Waals surface area contributed by atoms with Gasteiger partial charge >= 0.3 is 0 Å². The standard InChI is InChI=1S/C13H24N2O2/c1-9(2)12(16)15-7-6-11(8-15)13(17)14(5)10(3)4/h9-11H,6-8H2,1-5H3. The Kier molecular flexibility index (Phi) is 4.54. The maximum absolute atomic E-state index is 12.1. The zero-order chi connectivity index (χ0) is 13.2. The van der Waals surface area contributed by atoms with Crippen LogP contribution in [0, 0.1) is 11.8 Å². The molecule has 2 amide bonds. The SMILES string of the molecule is CC(C)C(=O)N1CCC(C(=O)N(C)C(C)C)C1. The largest absolute Gasteiger partial charge is 0.343 e. The highest BCUT2D eigenvalue weighted by atomic mass is 16.2. The van der Waals surface area contributed by atoms with E-state index >= 15 is 0 Å². The molecule has 1 heterocycles. The lowest BCUT2D eigenvalue weighted by atomic mass is 10.1. The average Bonchev–Trinajstić information content (AvgIpc) is 2.74. The zero-order valence-electron chi connectivity index (χ0n) is 11.6. The van der Waals surface area contributed by atoms with Crippen molar-refractivity contribution in [2.24, 2.45) is 11.8 Å². The molecule has 17 heavy (non-hydrogen) atoms. The third kappa shape index (κ3) is 3.20. The van der Waals surface area contributed by atoms with E-state index < -0.39 is 0 Å². The first-order valence-electron chi connectivity index (χ1n) is 6.40. The molecule has 0 aromatic heterocycles. The first-order valence-corrected chi connectivity index (χ1v) is 6.40. The Balaban J connectivity index is 2.56. The van der Waals surface area contributed by atoms with Crippen molar-refractivity contribution in [3.05, 3.63) is 0 Å². The summed E-state index contributed by atoms with van der Waals surface area (Å²) in [5.74, 6) is 0.336. The van der Waals surface area contributed by atoms with Gasteiger partial charge in [0.25, 0.3) is 0 Å². The summed E-state index contributed by atoms with van der Waals surface area (Å²) < 4.78 is 0. The predicted octanol–water partition coefficient (Wildman–Crippen LogP) is 1.36. The van der Waals surface area contributed by atoms with Gasteiger partial charge in [0.2, 0.25) is 11.8 Å². The van der Waals surface area contributed by atoms with Crippen molar-refractivity contribution in [1.29, 1.82) is 0 Å². The second-order valence-electron chi connectivity index (χ2n) is 5.47. The Hall–Kier alpha value is -1.06. The van der Waals surface area contributed by atoms with Crippen molar-refractivity contribution >= 4 is 11.8 Å². The number of amides is 2. The molecule has 0 saturated carbocycles. The molecule has 1 aliphatic heterocycles. The molecule has 0 bridgehead atoms. The van der Waals surface area contributed by atoms with Crippen LogP contribution in [0.4, 0.5) is 0 Å².